The summed E-state index contributed by atoms with van der Waals surface area (Å²) in [5.41, 5.74) is 4.97. The molecule has 6 rings (SSSR count). The van der Waals surface area contributed by atoms with E-state index in [-0.39, 0.29) is 28.8 Å². The Kier molecular flexibility index (Phi) is 6.30. The van der Waals surface area contributed by atoms with Gasteiger partial charge in [0.2, 0.25) is 15.9 Å². The van der Waals surface area contributed by atoms with Crippen LogP contribution in [-0.4, -0.2) is 36.4 Å². The van der Waals surface area contributed by atoms with Crippen molar-refractivity contribution in [1.82, 2.24) is 20.0 Å². The average Bonchev–Trinajstić information content (AvgIpc) is 3.52. The van der Waals surface area contributed by atoms with Crippen molar-refractivity contribution in [3.63, 3.8) is 0 Å². The number of rotatable bonds is 6. The van der Waals surface area contributed by atoms with Crippen LogP contribution in [0.15, 0.2) is 77.7 Å². The number of aromatic nitrogens is 2. The number of sulfonamides is 1. The number of fused-ring (bicyclic) bond motifs is 2. The molecule has 0 saturated heterocycles. The molecule has 8 heteroatoms. The lowest BCUT2D eigenvalue weighted by Crippen LogP contribution is -2.43. The predicted octanol–water partition coefficient (Wildman–Crippen LogP) is 4.35. The number of H-pyrrole nitrogens is 1. The van der Waals surface area contributed by atoms with Crippen LogP contribution in [-0.2, 0) is 27.7 Å². The zero-order valence-electron chi connectivity index (χ0n) is 20.5. The third kappa shape index (κ3) is 5.04. The number of nitrogens with one attached hydrogen (secondary N) is 3. The normalized spacial score (nSPS) is 20.1. The van der Waals surface area contributed by atoms with Gasteiger partial charge < -0.3 is 10.3 Å². The molecule has 3 aromatic carbocycles. The van der Waals surface area contributed by atoms with Gasteiger partial charge in [-0.25, -0.2) is 18.1 Å². The molecule has 0 bridgehead atoms. The molecule has 1 heterocycles. The number of hydrogen-bond donors (Lipinski definition) is 3. The van der Waals surface area contributed by atoms with Crippen LogP contribution >= 0.6 is 0 Å². The van der Waals surface area contributed by atoms with E-state index in [1.807, 2.05) is 42.5 Å². The molecular formula is C29H30N4O3S. The Morgan fingerprint density at radius 3 is 2.22 bits per heavy atom. The molecule has 0 unspecified atom stereocenters. The van der Waals surface area contributed by atoms with Crippen LogP contribution in [0.1, 0.15) is 36.8 Å². The summed E-state index contributed by atoms with van der Waals surface area (Å²) in [5, 5.41) is 3.23. The van der Waals surface area contributed by atoms with Crippen molar-refractivity contribution in [2.45, 2.75) is 55.5 Å². The maximum absolute atomic E-state index is 13.1. The molecule has 1 aromatic heterocycles. The van der Waals surface area contributed by atoms with Gasteiger partial charge in [0.15, 0.2) is 0 Å². The summed E-state index contributed by atoms with van der Waals surface area (Å²) < 4.78 is 29.2. The Balaban J connectivity index is 1.06. The number of amides is 1. The number of carbonyl (C=O) groups is 1. The standard InChI is InChI=1S/C29H30N4O3S/c34-29(30-24-16-21-8-4-5-9-22(21)17-24)20-10-12-23(13-11-20)33-37(35,36)25-14-15-26-27(18-25)32-28(31-26)19-6-2-1-3-7-19/h1-9,14-15,18,20,23-24,33H,10-13,16-17H2,(H,30,34)(H,31,32). The highest BCUT2D eigenvalue weighted by molar-refractivity contribution is 7.89. The maximum Gasteiger partial charge on any atom is 0.240 e. The van der Waals surface area contributed by atoms with Gasteiger partial charge in [-0.2, -0.15) is 0 Å². The van der Waals surface area contributed by atoms with E-state index >= 15 is 0 Å². The summed E-state index contributed by atoms with van der Waals surface area (Å²) in [7, 11) is -3.70. The van der Waals surface area contributed by atoms with Crippen molar-refractivity contribution in [2.75, 3.05) is 0 Å². The van der Waals surface area contributed by atoms with E-state index in [2.05, 4.69) is 32.1 Å². The molecule has 2 aliphatic rings. The summed E-state index contributed by atoms with van der Waals surface area (Å²) in [6.45, 7) is 0. The SMILES string of the molecule is O=C(NC1Cc2ccccc2C1)C1CCC(NS(=O)(=O)c2ccc3[nH]c(-c4ccccc4)nc3c2)CC1. The van der Waals surface area contributed by atoms with E-state index in [0.717, 1.165) is 23.9 Å². The molecule has 2 aliphatic carbocycles. The number of benzene rings is 3. The van der Waals surface area contributed by atoms with E-state index in [0.29, 0.717) is 37.0 Å². The Labute approximate surface area is 216 Å². The molecule has 0 aliphatic heterocycles. The molecule has 0 atom stereocenters. The van der Waals surface area contributed by atoms with Crippen LogP contribution < -0.4 is 10.0 Å². The van der Waals surface area contributed by atoms with Crippen molar-refractivity contribution >= 4 is 27.0 Å². The Hall–Kier alpha value is -3.49. The Morgan fingerprint density at radius 2 is 1.51 bits per heavy atom. The number of hydrogen-bond acceptors (Lipinski definition) is 4. The number of aromatic amines is 1. The third-order valence-electron chi connectivity index (χ3n) is 7.63. The first-order chi connectivity index (χ1) is 17.9. The minimum atomic E-state index is -3.70. The molecule has 190 valence electrons. The van der Waals surface area contributed by atoms with Gasteiger partial charge in [0.05, 0.1) is 15.9 Å². The predicted molar refractivity (Wildman–Crippen MR) is 143 cm³/mol. The smallest absolute Gasteiger partial charge is 0.240 e. The van der Waals surface area contributed by atoms with Gasteiger partial charge >= 0.3 is 0 Å². The second-order valence-corrected chi connectivity index (χ2v) is 11.9. The monoisotopic (exact) mass is 514 g/mol. The first-order valence-corrected chi connectivity index (χ1v) is 14.4. The fourth-order valence-corrected chi connectivity index (χ4v) is 6.95. The second kappa shape index (κ2) is 9.76. The quantitative estimate of drug-likeness (QED) is 0.356. The fourth-order valence-electron chi connectivity index (χ4n) is 5.63. The Morgan fingerprint density at radius 1 is 0.838 bits per heavy atom. The zero-order chi connectivity index (χ0) is 25.4. The molecular weight excluding hydrogens is 484 g/mol. The third-order valence-corrected chi connectivity index (χ3v) is 9.15. The highest BCUT2D eigenvalue weighted by Gasteiger charge is 2.31. The van der Waals surface area contributed by atoms with Crippen molar-refractivity contribution in [1.29, 1.82) is 0 Å². The van der Waals surface area contributed by atoms with E-state index in [4.69, 9.17) is 0 Å². The van der Waals surface area contributed by atoms with Gasteiger partial charge in [-0.15, -0.1) is 0 Å². The first kappa shape index (κ1) is 23.9. The molecule has 0 radical (unpaired) electrons. The molecule has 3 N–H and O–H groups in total. The minimum Gasteiger partial charge on any atom is -0.352 e. The molecule has 1 amide bonds. The van der Waals surface area contributed by atoms with Crippen LogP contribution in [0.5, 0.6) is 0 Å². The largest absolute Gasteiger partial charge is 0.352 e. The van der Waals surface area contributed by atoms with E-state index in [1.165, 1.54) is 11.1 Å². The van der Waals surface area contributed by atoms with Gasteiger partial charge in [-0.05, 0) is 67.9 Å². The van der Waals surface area contributed by atoms with Crippen LogP contribution in [0.3, 0.4) is 0 Å². The first-order valence-electron chi connectivity index (χ1n) is 12.9. The van der Waals surface area contributed by atoms with Crippen molar-refractivity contribution in [3.05, 3.63) is 83.9 Å². The van der Waals surface area contributed by atoms with E-state index < -0.39 is 10.0 Å². The molecule has 1 fully saturated rings. The molecule has 7 nitrogen and oxygen atoms in total. The number of nitrogens with zero attached hydrogens (tertiary/aromatic N) is 1. The molecule has 0 spiro atoms. The summed E-state index contributed by atoms with van der Waals surface area (Å²) >= 11 is 0. The topological polar surface area (TPSA) is 104 Å². The summed E-state index contributed by atoms with van der Waals surface area (Å²) in [6, 6.07) is 23.0. The lowest BCUT2D eigenvalue weighted by molar-refractivity contribution is -0.126. The van der Waals surface area contributed by atoms with Crippen molar-refractivity contribution in [3.8, 4) is 11.4 Å². The molecule has 37 heavy (non-hydrogen) atoms. The van der Waals surface area contributed by atoms with E-state index in [1.54, 1.807) is 18.2 Å². The lowest BCUT2D eigenvalue weighted by Gasteiger charge is -2.29. The van der Waals surface area contributed by atoms with E-state index in [9.17, 15) is 13.2 Å². The maximum atomic E-state index is 13.1. The van der Waals surface area contributed by atoms with Gasteiger partial charge in [0, 0.05) is 23.6 Å². The van der Waals surface area contributed by atoms with Gasteiger partial charge in [-0.1, -0.05) is 54.6 Å². The average molecular weight is 515 g/mol. The summed E-state index contributed by atoms with van der Waals surface area (Å²) in [4.78, 5) is 20.9. The summed E-state index contributed by atoms with van der Waals surface area (Å²) in [5.74, 6) is 0.731. The minimum absolute atomic E-state index is 0.0683. The lowest BCUT2D eigenvalue weighted by atomic mass is 9.85. The van der Waals surface area contributed by atoms with Crippen LogP contribution in [0.2, 0.25) is 0 Å². The van der Waals surface area contributed by atoms with Crippen LogP contribution in [0.25, 0.3) is 22.4 Å². The van der Waals surface area contributed by atoms with Gasteiger partial charge in [0.1, 0.15) is 5.82 Å². The highest BCUT2D eigenvalue weighted by atomic mass is 32.2. The Bertz CT molecular complexity index is 1510. The zero-order valence-corrected chi connectivity index (χ0v) is 21.3. The summed E-state index contributed by atoms with van der Waals surface area (Å²) in [6.07, 6.45) is 4.40. The fraction of sp³-hybridized carbons (Fsp3) is 0.310. The van der Waals surface area contributed by atoms with Crippen molar-refractivity contribution < 1.29 is 13.2 Å². The second-order valence-electron chi connectivity index (χ2n) is 10.2. The van der Waals surface area contributed by atoms with Gasteiger partial charge in [-0.3, -0.25) is 4.79 Å². The highest BCUT2D eigenvalue weighted by Crippen LogP contribution is 2.28. The van der Waals surface area contributed by atoms with Gasteiger partial charge in [0.25, 0.3) is 0 Å². The van der Waals surface area contributed by atoms with Crippen LogP contribution in [0, 0.1) is 5.92 Å². The van der Waals surface area contributed by atoms with Crippen LogP contribution in [0.4, 0.5) is 0 Å². The molecule has 1 saturated carbocycles. The van der Waals surface area contributed by atoms with Crippen molar-refractivity contribution in [2.24, 2.45) is 5.92 Å². The number of imidazole rings is 1. The number of carbonyl (C=O) groups excluding carboxylic acids is 1. The molecule has 4 aromatic rings.